The average molecular weight is 301 g/mol. The van der Waals surface area contributed by atoms with Gasteiger partial charge in [0.2, 0.25) is 0 Å². The molecule has 2 heterocycles. The van der Waals surface area contributed by atoms with Crippen LogP contribution >= 0.6 is 0 Å². The Kier molecular flexibility index (Phi) is 4.27. The molecule has 1 aromatic rings. The topological polar surface area (TPSA) is 43.9 Å². The minimum Gasteiger partial charge on any atom is -0.299 e. The van der Waals surface area contributed by atoms with Crippen molar-refractivity contribution in [2.24, 2.45) is 0 Å². The van der Waals surface area contributed by atoms with Crippen LogP contribution in [0.25, 0.3) is 0 Å². The molecule has 0 aliphatic carbocycles. The van der Waals surface area contributed by atoms with Crippen LogP contribution in [0.5, 0.6) is 0 Å². The number of imide groups is 1. The Balaban J connectivity index is 1.55. The van der Waals surface area contributed by atoms with Crippen molar-refractivity contribution in [1.82, 2.24) is 14.7 Å². The van der Waals surface area contributed by atoms with E-state index in [1.54, 1.807) is 24.3 Å². The number of hydrogen-bond acceptors (Lipinski definition) is 4. The Morgan fingerprint density at radius 2 is 1.45 bits per heavy atom. The third-order valence-electron chi connectivity index (χ3n) is 4.66. The predicted octanol–water partition coefficient (Wildman–Crippen LogP) is 1.31. The highest BCUT2D eigenvalue weighted by Crippen LogP contribution is 2.22. The van der Waals surface area contributed by atoms with Crippen LogP contribution in [0.2, 0.25) is 0 Å². The fraction of sp³-hybridized carbons (Fsp3) is 0.529. The Morgan fingerprint density at radius 3 is 1.95 bits per heavy atom. The summed E-state index contributed by atoms with van der Waals surface area (Å²) in [6, 6.07) is 7.66. The Bertz CT molecular complexity index is 542. The average Bonchev–Trinajstić information content (AvgIpc) is 2.78. The molecule has 0 aromatic heterocycles. The van der Waals surface area contributed by atoms with Gasteiger partial charge >= 0.3 is 0 Å². The summed E-state index contributed by atoms with van der Waals surface area (Å²) in [4.78, 5) is 30.8. The second-order valence-corrected chi connectivity index (χ2v) is 6.28. The first kappa shape index (κ1) is 15.2. The molecule has 0 atom stereocenters. The van der Waals surface area contributed by atoms with E-state index in [1.807, 2.05) is 0 Å². The first-order valence-electron chi connectivity index (χ1n) is 7.99. The van der Waals surface area contributed by atoms with Crippen molar-refractivity contribution in [2.75, 3.05) is 39.3 Å². The van der Waals surface area contributed by atoms with Crippen LogP contribution in [-0.4, -0.2) is 71.8 Å². The van der Waals surface area contributed by atoms with Gasteiger partial charge in [0.25, 0.3) is 11.8 Å². The zero-order valence-electron chi connectivity index (χ0n) is 13.3. The van der Waals surface area contributed by atoms with Crippen LogP contribution in [0, 0.1) is 0 Å². The lowest BCUT2D eigenvalue weighted by molar-refractivity contribution is 0.0604. The molecule has 5 heteroatoms. The molecule has 0 N–H and O–H groups in total. The number of hydrogen-bond donors (Lipinski definition) is 0. The molecule has 0 radical (unpaired) electrons. The maximum atomic E-state index is 12.3. The summed E-state index contributed by atoms with van der Waals surface area (Å²) in [6.45, 7) is 9.79. The minimum absolute atomic E-state index is 0.151. The van der Waals surface area contributed by atoms with Crippen LogP contribution in [0.4, 0.5) is 0 Å². The number of piperazine rings is 1. The van der Waals surface area contributed by atoms with E-state index in [1.165, 1.54) is 4.90 Å². The molecule has 2 amide bonds. The Morgan fingerprint density at radius 1 is 0.909 bits per heavy atom. The summed E-state index contributed by atoms with van der Waals surface area (Å²) in [5.74, 6) is -0.303. The van der Waals surface area contributed by atoms with E-state index >= 15 is 0 Å². The van der Waals surface area contributed by atoms with E-state index in [4.69, 9.17) is 0 Å². The van der Waals surface area contributed by atoms with E-state index in [0.717, 1.165) is 32.7 Å². The van der Waals surface area contributed by atoms with E-state index < -0.39 is 0 Å². The van der Waals surface area contributed by atoms with Gasteiger partial charge in [0.1, 0.15) is 0 Å². The van der Waals surface area contributed by atoms with Gasteiger partial charge in [0.15, 0.2) is 0 Å². The highest BCUT2D eigenvalue weighted by Gasteiger charge is 2.35. The third-order valence-corrected chi connectivity index (χ3v) is 4.66. The lowest BCUT2D eigenvalue weighted by atomic mass is 10.1. The third kappa shape index (κ3) is 2.78. The maximum absolute atomic E-state index is 12.3. The number of rotatable bonds is 4. The first-order valence-corrected chi connectivity index (χ1v) is 7.99. The number of benzene rings is 1. The molecule has 2 aliphatic rings. The van der Waals surface area contributed by atoms with Gasteiger partial charge in [-0.3, -0.25) is 24.3 Å². The second-order valence-electron chi connectivity index (χ2n) is 6.28. The first-order chi connectivity index (χ1) is 10.6. The fourth-order valence-electron chi connectivity index (χ4n) is 3.19. The molecule has 1 saturated heterocycles. The molecule has 5 nitrogen and oxygen atoms in total. The van der Waals surface area contributed by atoms with E-state index in [2.05, 4.69) is 23.6 Å². The SMILES string of the molecule is CC(C)N1CCN(CCN2C(=O)c3ccccc3C2=O)CC1. The van der Waals surface area contributed by atoms with E-state index in [-0.39, 0.29) is 11.8 Å². The molecule has 0 unspecified atom stereocenters. The normalized spacial score (nSPS) is 20.0. The van der Waals surface area contributed by atoms with Gasteiger partial charge in [-0.15, -0.1) is 0 Å². The quantitative estimate of drug-likeness (QED) is 0.787. The zero-order valence-corrected chi connectivity index (χ0v) is 13.3. The van der Waals surface area contributed by atoms with Crippen molar-refractivity contribution < 1.29 is 9.59 Å². The summed E-state index contributed by atoms with van der Waals surface area (Å²) in [5, 5.41) is 0. The van der Waals surface area contributed by atoms with Crippen LogP contribution in [0.1, 0.15) is 34.6 Å². The number of carbonyl (C=O) groups excluding carboxylic acids is 2. The molecule has 0 bridgehead atoms. The van der Waals surface area contributed by atoms with Gasteiger partial charge in [-0.2, -0.15) is 0 Å². The zero-order chi connectivity index (χ0) is 15.7. The van der Waals surface area contributed by atoms with Gasteiger partial charge < -0.3 is 0 Å². The number of amides is 2. The smallest absolute Gasteiger partial charge is 0.261 e. The summed E-state index contributed by atoms with van der Waals surface area (Å²) >= 11 is 0. The number of fused-ring (bicyclic) bond motifs is 1. The molecule has 1 aromatic carbocycles. The molecule has 1 fully saturated rings. The van der Waals surface area contributed by atoms with Crippen molar-refractivity contribution in [1.29, 1.82) is 0 Å². The van der Waals surface area contributed by atoms with E-state index in [9.17, 15) is 9.59 Å². The summed E-state index contributed by atoms with van der Waals surface area (Å²) in [5.41, 5.74) is 1.08. The van der Waals surface area contributed by atoms with Crippen LogP contribution in [0.15, 0.2) is 24.3 Å². The van der Waals surface area contributed by atoms with Gasteiger partial charge in [-0.1, -0.05) is 12.1 Å². The van der Waals surface area contributed by atoms with Crippen molar-refractivity contribution >= 4 is 11.8 Å². The van der Waals surface area contributed by atoms with Crippen molar-refractivity contribution in [2.45, 2.75) is 19.9 Å². The molecule has 2 aliphatic heterocycles. The van der Waals surface area contributed by atoms with Gasteiger partial charge in [0.05, 0.1) is 11.1 Å². The predicted molar refractivity (Wildman–Crippen MR) is 85.0 cm³/mol. The Labute approximate surface area is 131 Å². The summed E-state index contributed by atoms with van der Waals surface area (Å²) < 4.78 is 0. The molecule has 0 spiro atoms. The second kappa shape index (κ2) is 6.18. The highest BCUT2D eigenvalue weighted by atomic mass is 16.2. The largest absolute Gasteiger partial charge is 0.299 e. The summed E-state index contributed by atoms with van der Waals surface area (Å²) in [7, 11) is 0. The fourth-order valence-corrected chi connectivity index (χ4v) is 3.19. The summed E-state index contributed by atoms with van der Waals surface area (Å²) in [6.07, 6.45) is 0. The molecular weight excluding hydrogens is 278 g/mol. The molecule has 118 valence electrons. The molecule has 3 rings (SSSR count). The van der Waals surface area contributed by atoms with Crippen molar-refractivity contribution in [3.05, 3.63) is 35.4 Å². The molecular formula is C17H23N3O2. The van der Waals surface area contributed by atoms with Crippen molar-refractivity contribution in [3.63, 3.8) is 0 Å². The highest BCUT2D eigenvalue weighted by molar-refractivity contribution is 6.21. The van der Waals surface area contributed by atoms with Gasteiger partial charge in [-0.05, 0) is 26.0 Å². The monoisotopic (exact) mass is 301 g/mol. The number of nitrogens with zero attached hydrogens (tertiary/aromatic N) is 3. The molecule has 0 saturated carbocycles. The van der Waals surface area contributed by atoms with E-state index in [0.29, 0.717) is 23.7 Å². The molecule has 22 heavy (non-hydrogen) atoms. The minimum atomic E-state index is -0.151. The maximum Gasteiger partial charge on any atom is 0.261 e. The number of carbonyl (C=O) groups is 2. The standard InChI is InChI=1S/C17H23N3O2/c1-13(2)19-10-7-18(8-11-19)9-12-20-16(21)14-5-3-4-6-15(14)17(20)22/h3-6,13H,7-12H2,1-2H3. The van der Waals surface area contributed by atoms with Crippen molar-refractivity contribution in [3.8, 4) is 0 Å². The lowest BCUT2D eigenvalue weighted by Gasteiger charge is -2.37. The van der Waals surface area contributed by atoms with Crippen LogP contribution < -0.4 is 0 Å². The van der Waals surface area contributed by atoms with Gasteiger partial charge in [-0.25, -0.2) is 0 Å². The Hall–Kier alpha value is -1.72. The van der Waals surface area contributed by atoms with Gasteiger partial charge in [0, 0.05) is 45.3 Å². The van der Waals surface area contributed by atoms with Crippen LogP contribution in [0.3, 0.4) is 0 Å². The lowest BCUT2D eigenvalue weighted by Crippen LogP contribution is -2.50. The van der Waals surface area contributed by atoms with Crippen LogP contribution in [-0.2, 0) is 0 Å².